The number of anilines is 2. The van der Waals surface area contributed by atoms with Crippen molar-refractivity contribution in [3.63, 3.8) is 0 Å². The van der Waals surface area contributed by atoms with Crippen molar-refractivity contribution in [1.29, 1.82) is 0 Å². The van der Waals surface area contributed by atoms with Gasteiger partial charge < -0.3 is 15.5 Å². The van der Waals surface area contributed by atoms with Crippen molar-refractivity contribution in [3.05, 3.63) is 29.3 Å². The summed E-state index contributed by atoms with van der Waals surface area (Å²) in [7, 11) is 1.82. The fraction of sp³-hybridized carbons (Fsp3) is 0.308. The Bertz CT molecular complexity index is 456. The van der Waals surface area contributed by atoms with Crippen LogP contribution in [0, 0.1) is 6.92 Å². The van der Waals surface area contributed by atoms with Crippen LogP contribution in [0.5, 0.6) is 0 Å². The lowest BCUT2D eigenvalue weighted by molar-refractivity contribution is -0.137. The Morgan fingerprint density at radius 2 is 2.22 bits per heavy atom. The SMILES string of the molecule is CCOC(=O)/C=C/c1ccc(NC)c(NN)c1C. The van der Waals surface area contributed by atoms with Crippen LogP contribution in [0.15, 0.2) is 18.2 Å². The van der Waals surface area contributed by atoms with E-state index < -0.39 is 0 Å². The molecule has 0 saturated carbocycles. The van der Waals surface area contributed by atoms with E-state index in [2.05, 4.69) is 10.7 Å². The number of esters is 1. The minimum Gasteiger partial charge on any atom is -0.463 e. The number of rotatable bonds is 5. The van der Waals surface area contributed by atoms with E-state index in [1.54, 1.807) is 13.0 Å². The maximum Gasteiger partial charge on any atom is 0.330 e. The Morgan fingerprint density at radius 3 is 2.78 bits per heavy atom. The maximum atomic E-state index is 11.2. The normalized spacial score (nSPS) is 10.4. The molecule has 1 rings (SSSR count). The van der Waals surface area contributed by atoms with Gasteiger partial charge in [-0.15, -0.1) is 0 Å². The van der Waals surface area contributed by atoms with Crippen LogP contribution in [-0.2, 0) is 9.53 Å². The molecule has 0 aliphatic heterocycles. The standard InChI is InChI=1S/C13H19N3O2/c1-4-18-12(17)8-6-10-5-7-11(15-3)13(16-14)9(10)2/h5-8,15-16H,4,14H2,1-3H3/b8-6+. The molecule has 0 unspecified atom stereocenters. The van der Waals surface area contributed by atoms with Crippen LogP contribution in [0.2, 0.25) is 0 Å². The number of hydrogen-bond acceptors (Lipinski definition) is 5. The summed E-state index contributed by atoms with van der Waals surface area (Å²) >= 11 is 0. The lowest BCUT2D eigenvalue weighted by atomic mass is 10.0. The highest BCUT2D eigenvalue weighted by atomic mass is 16.5. The second-order valence-electron chi connectivity index (χ2n) is 3.68. The van der Waals surface area contributed by atoms with Gasteiger partial charge in [-0.3, -0.25) is 5.84 Å². The van der Waals surface area contributed by atoms with Crippen molar-refractivity contribution < 1.29 is 9.53 Å². The van der Waals surface area contributed by atoms with E-state index in [-0.39, 0.29) is 5.97 Å². The summed E-state index contributed by atoms with van der Waals surface area (Å²) in [6, 6.07) is 3.81. The fourth-order valence-corrected chi connectivity index (χ4v) is 1.65. The van der Waals surface area contributed by atoms with Crippen molar-refractivity contribution in [3.8, 4) is 0 Å². The largest absolute Gasteiger partial charge is 0.463 e. The summed E-state index contributed by atoms with van der Waals surface area (Å²) < 4.78 is 4.83. The lowest BCUT2D eigenvalue weighted by Gasteiger charge is -2.13. The molecule has 18 heavy (non-hydrogen) atoms. The highest BCUT2D eigenvalue weighted by Crippen LogP contribution is 2.28. The van der Waals surface area contributed by atoms with Crippen molar-refractivity contribution in [2.24, 2.45) is 5.84 Å². The second-order valence-corrected chi connectivity index (χ2v) is 3.68. The Morgan fingerprint density at radius 1 is 1.50 bits per heavy atom. The van der Waals surface area contributed by atoms with E-state index in [9.17, 15) is 4.79 Å². The molecule has 0 amide bonds. The van der Waals surface area contributed by atoms with Gasteiger partial charge in [0.25, 0.3) is 0 Å². The lowest BCUT2D eigenvalue weighted by Crippen LogP contribution is -2.11. The predicted molar refractivity (Wildman–Crippen MR) is 74.2 cm³/mol. The van der Waals surface area contributed by atoms with Crippen LogP contribution < -0.4 is 16.6 Å². The first-order chi connectivity index (χ1) is 8.63. The molecular formula is C13H19N3O2. The summed E-state index contributed by atoms with van der Waals surface area (Å²) in [5.41, 5.74) is 6.24. The molecule has 0 spiro atoms. The summed E-state index contributed by atoms with van der Waals surface area (Å²) in [5.74, 6) is 5.14. The zero-order chi connectivity index (χ0) is 13.5. The third-order valence-electron chi connectivity index (χ3n) is 2.61. The highest BCUT2D eigenvalue weighted by Gasteiger charge is 2.06. The van der Waals surface area contributed by atoms with Crippen LogP contribution in [0.1, 0.15) is 18.1 Å². The molecule has 0 saturated heterocycles. The van der Waals surface area contributed by atoms with Crippen LogP contribution in [0.25, 0.3) is 6.08 Å². The first kappa shape index (κ1) is 14.1. The Kier molecular flexibility index (Phi) is 5.20. The molecule has 0 heterocycles. The van der Waals surface area contributed by atoms with Crippen molar-refractivity contribution in [2.45, 2.75) is 13.8 Å². The molecule has 0 aliphatic rings. The van der Waals surface area contributed by atoms with E-state index in [1.165, 1.54) is 6.08 Å². The molecule has 1 aromatic carbocycles. The Hall–Kier alpha value is -2.01. The first-order valence-electron chi connectivity index (χ1n) is 5.76. The summed E-state index contributed by atoms with van der Waals surface area (Å²) in [6.45, 7) is 4.08. The van der Waals surface area contributed by atoms with Gasteiger partial charge in [0.1, 0.15) is 0 Å². The summed E-state index contributed by atoms with van der Waals surface area (Å²) in [6.07, 6.45) is 3.12. The van der Waals surface area contributed by atoms with Crippen LogP contribution in [0.3, 0.4) is 0 Å². The van der Waals surface area contributed by atoms with E-state index in [0.29, 0.717) is 6.61 Å². The summed E-state index contributed by atoms with van der Waals surface area (Å²) in [4.78, 5) is 11.2. The van der Waals surface area contributed by atoms with Gasteiger partial charge in [0, 0.05) is 13.1 Å². The minimum absolute atomic E-state index is 0.350. The van der Waals surface area contributed by atoms with Gasteiger partial charge in [-0.1, -0.05) is 6.07 Å². The summed E-state index contributed by atoms with van der Waals surface area (Å²) in [5, 5.41) is 3.04. The molecule has 0 atom stereocenters. The molecular weight excluding hydrogens is 230 g/mol. The molecule has 0 aromatic heterocycles. The Balaban J connectivity index is 3.01. The van der Waals surface area contributed by atoms with Crippen molar-refractivity contribution >= 4 is 23.4 Å². The first-order valence-corrected chi connectivity index (χ1v) is 5.76. The van der Waals surface area contributed by atoms with Gasteiger partial charge in [0.05, 0.1) is 18.0 Å². The number of benzene rings is 1. The topological polar surface area (TPSA) is 76.4 Å². The number of hydrogen-bond donors (Lipinski definition) is 3. The maximum absolute atomic E-state index is 11.2. The molecule has 5 nitrogen and oxygen atoms in total. The predicted octanol–water partition coefficient (Wildman–Crippen LogP) is 1.90. The number of ether oxygens (including phenoxy) is 1. The van der Waals surface area contributed by atoms with Crippen molar-refractivity contribution in [1.82, 2.24) is 0 Å². The minimum atomic E-state index is -0.350. The van der Waals surface area contributed by atoms with Crippen LogP contribution in [-0.4, -0.2) is 19.6 Å². The average molecular weight is 249 g/mol. The number of carbonyl (C=O) groups excluding carboxylic acids is 1. The van der Waals surface area contributed by atoms with Gasteiger partial charge in [0.2, 0.25) is 0 Å². The molecule has 0 radical (unpaired) electrons. The zero-order valence-electron chi connectivity index (χ0n) is 10.9. The van der Waals surface area contributed by atoms with E-state index in [4.69, 9.17) is 10.6 Å². The quantitative estimate of drug-likeness (QED) is 0.321. The second kappa shape index (κ2) is 6.66. The highest BCUT2D eigenvalue weighted by molar-refractivity contribution is 5.88. The molecule has 4 N–H and O–H groups in total. The zero-order valence-corrected chi connectivity index (χ0v) is 10.9. The number of hydrazine groups is 1. The average Bonchev–Trinajstić information content (AvgIpc) is 2.37. The van der Waals surface area contributed by atoms with Gasteiger partial charge in [-0.2, -0.15) is 0 Å². The van der Waals surface area contributed by atoms with E-state index >= 15 is 0 Å². The van der Waals surface area contributed by atoms with Gasteiger partial charge in [-0.25, -0.2) is 4.79 Å². The van der Waals surface area contributed by atoms with E-state index in [0.717, 1.165) is 22.5 Å². The van der Waals surface area contributed by atoms with Crippen LogP contribution in [0.4, 0.5) is 11.4 Å². The monoisotopic (exact) mass is 249 g/mol. The third-order valence-corrected chi connectivity index (χ3v) is 2.61. The van der Waals surface area contributed by atoms with Crippen LogP contribution >= 0.6 is 0 Å². The van der Waals surface area contributed by atoms with E-state index in [1.807, 2.05) is 26.1 Å². The number of nitrogens with two attached hydrogens (primary N) is 1. The third kappa shape index (κ3) is 3.24. The molecule has 5 heteroatoms. The number of nitrogens with one attached hydrogen (secondary N) is 2. The number of carbonyl (C=O) groups is 1. The van der Waals surface area contributed by atoms with Gasteiger partial charge in [-0.05, 0) is 37.1 Å². The molecule has 0 aliphatic carbocycles. The fourth-order valence-electron chi connectivity index (χ4n) is 1.65. The number of nitrogen functional groups attached to an aromatic ring is 1. The molecule has 1 aromatic rings. The molecule has 98 valence electrons. The molecule has 0 fully saturated rings. The Labute approximate surface area is 107 Å². The molecule has 0 bridgehead atoms. The van der Waals surface area contributed by atoms with Gasteiger partial charge >= 0.3 is 5.97 Å². The smallest absolute Gasteiger partial charge is 0.330 e. The van der Waals surface area contributed by atoms with Gasteiger partial charge in [0.15, 0.2) is 0 Å². The van der Waals surface area contributed by atoms with Crippen molar-refractivity contribution in [2.75, 3.05) is 24.4 Å².